The monoisotopic (exact) mass is 352 g/mol. The van der Waals surface area contributed by atoms with Crippen molar-refractivity contribution < 1.29 is 18.0 Å². The summed E-state index contributed by atoms with van der Waals surface area (Å²) in [4.78, 5) is 13.0. The predicted molar refractivity (Wildman–Crippen MR) is 82.2 cm³/mol. The van der Waals surface area contributed by atoms with Crippen molar-refractivity contribution in [2.24, 2.45) is 29.7 Å². The highest BCUT2D eigenvalue weighted by molar-refractivity contribution is 5.95. The zero-order chi connectivity index (χ0) is 18.0. The SMILES string of the molecule is Cn1cc(C#N)c(NC(=O)C23CC4CC(C2)CC(C(F)(F)F)(C4)C3)n1. The Kier molecular flexibility index (Phi) is 3.28. The zero-order valence-electron chi connectivity index (χ0n) is 13.9. The summed E-state index contributed by atoms with van der Waals surface area (Å²) in [5, 5.41) is 15.8. The Morgan fingerprint density at radius 1 is 1.36 bits per heavy atom. The molecule has 4 aliphatic rings. The molecule has 5 rings (SSSR count). The standard InChI is InChI=1S/C17H19F3N4O/c1-24-8-12(7-21)13(23-24)22-14(25)15-3-10-2-11(4-15)6-16(5-10,9-15)17(18,19)20/h8,10-11H,2-6,9H2,1H3,(H,22,23,25). The van der Waals surface area contributed by atoms with Gasteiger partial charge in [0, 0.05) is 13.2 Å². The van der Waals surface area contributed by atoms with Gasteiger partial charge in [0.05, 0.1) is 10.8 Å². The number of halogens is 3. The van der Waals surface area contributed by atoms with E-state index in [1.54, 1.807) is 7.05 Å². The summed E-state index contributed by atoms with van der Waals surface area (Å²) in [5.74, 6) is -0.377. The van der Waals surface area contributed by atoms with E-state index in [1.807, 2.05) is 6.07 Å². The molecule has 2 atom stereocenters. The van der Waals surface area contributed by atoms with Crippen molar-refractivity contribution in [1.29, 1.82) is 5.26 Å². The highest BCUT2D eigenvalue weighted by Gasteiger charge is 2.68. The molecule has 4 bridgehead atoms. The normalized spacial score (nSPS) is 36.3. The number of alkyl halides is 3. The van der Waals surface area contributed by atoms with Gasteiger partial charge in [-0.25, -0.2) is 0 Å². The second-order valence-electron chi connectivity index (χ2n) is 8.15. The molecular weight excluding hydrogens is 333 g/mol. The van der Waals surface area contributed by atoms with Crippen molar-refractivity contribution in [3.8, 4) is 6.07 Å². The number of carbonyl (C=O) groups excluding carboxylic acids is 1. The maximum absolute atomic E-state index is 13.8. The molecule has 1 aromatic heterocycles. The number of nitrogens with one attached hydrogen (secondary N) is 1. The predicted octanol–water partition coefficient (Wildman–Crippen LogP) is 3.38. The van der Waals surface area contributed by atoms with Gasteiger partial charge in [0.2, 0.25) is 5.91 Å². The number of nitrogens with zero attached hydrogens (tertiary/aromatic N) is 3. The number of aromatic nitrogens is 2. The Hall–Kier alpha value is -2.04. The number of rotatable bonds is 2. The largest absolute Gasteiger partial charge is 0.394 e. The molecule has 4 fully saturated rings. The Balaban J connectivity index is 1.65. The van der Waals surface area contributed by atoms with E-state index in [4.69, 9.17) is 5.26 Å². The van der Waals surface area contributed by atoms with Crippen LogP contribution in [-0.4, -0.2) is 21.9 Å². The van der Waals surface area contributed by atoms with E-state index in [1.165, 1.54) is 10.9 Å². The van der Waals surface area contributed by atoms with Crippen LogP contribution in [0.4, 0.5) is 19.0 Å². The fourth-order valence-electron chi connectivity index (χ4n) is 5.76. The van der Waals surface area contributed by atoms with Crippen LogP contribution in [0.1, 0.15) is 44.1 Å². The summed E-state index contributed by atoms with van der Waals surface area (Å²) in [6, 6.07) is 1.95. The van der Waals surface area contributed by atoms with Crippen molar-refractivity contribution in [2.75, 3.05) is 5.32 Å². The summed E-state index contributed by atoms with van der Waals surface area (Å²) >= 11 is 0. The minimum Gasteiger partial charge on any atom is -0.308 e. The van der Waals surface area contributed by atoms with Crippen LogP contribution in [0, 0.1) is 34.0 Å². The van der Waals surface area contributed by atoms with E-state index >= 15 is 0 Å². The van der Waals surface area contributed by atoms with Crippen molar-refractivity contribution >= 4 is 11.7 Å². The van der Waals surface area contributed by atoms with Crippen molar-refractivity contribution in [1.82, 2.24) is 9.78 Å². The van der Waals surface area contributed by atoms with Crippen LogP contribution in [0.15, 0.2) is 6.20 Å². The molecule has 1 N–H and O–H groups in total. The summed E-state index contributed by atoms with van der Waals surface area (Å²) in [7, 11) is 1.62. The number of carbonyl (C=O) groups is 1. The first-order valence-corrected chi connectivity index (χ1v) is 8.48. The van der Waals surface area contributed by atoms with E-state index < -0.39 is 22.9 Å². The molecule has 1 heterocycles. The average molecular weight is 352 g/mol. The molecule has 1 amide bonds. The maximum Gasteiger partial charge on any atom is 0.394 e. The third-order valence-corrected chi connectivity index (χ3v) is 6.33. The zero-order valence-corrected chi connectivity index (χ0v) is 13.9. The number of amides is 1. The summed E-state index contributed by atoms with van der Waals surface area (Å²) in [6.45, 7) is 0. The van der Waals surface area contributed by atoms with E-state index in [-0.39, 0.29) is 42.5 Å². The summed E-state index contributed by atoms with van der Waals surface area (Å²) in [5.41, 5.74) is -2.51. The van der Waals surface area contributed by atoms with Crippen molar-refractivity contribution in [3.05, 3.63) is 11.8 Å². The molecule has 134 valence electrons. The molecule has 2 unspecified atom stereocenters. The molecule has 0 spiro atoms. The minimum atomic E-state index is -4.28. The van der Waals surface area contributed by atoms with Crippen LogP contribution in [0.2, 0.25) is 0 Å². The Morgan fingerprint density at radius 3 is 2.56 bits per heavy atom. The number of aryl methyl sites for hydroxylation is 1. The van der Waals surface area contributed by atoms with Crippen LogP contribution in [0.3, 0.4) is 0 Å². The topological polar surface area (TPSA) is 70.7 Å². The molecular formula is C17H19F3N4O. The third kappa shape index (κ3) is 2.35. The Morgan fingerprint density at radius 2 is 2.00 bits per heavy atom. The van der Waals surface area contributed by atoms with Crippen molar-refractivity contribution in [2.45, 2.75) is 44.7 Å². The molecule has 0 saturated heterocycles. The second kappa shape index (κ2) is 4.99. The Labute approximate surface area is 143 Å². The fraction of sp³-hybridized carbons (Fsp3) is 0.706. The average Bonchev–Trinajstić information content (AvgIpc) is 2.84. The molecule has 0 aliphatic heterocycles. The molecule has 4 saturated carbocycles. The molecule has 0 radical (unpaired) electrons. The van der Waals surface area contributed by atoms with E-state index in [2.05, 4.69) is 10.4 Å². The van der Waals surface area contributed by atoms with Crippen LogP contribution >= 0.6 is 0 Å². The van der Waals surface area contributed by atoms with Crippen LogP contribution in [0.5, 0.6) is 0 Å². The first-order chi connectivity index (χ1) is 11.7. The lowest BCUT2D eigenvalue weighted by Gasteiger charge is -2.61. The summed E-state index contributed by atoms with van der Waals surface area (Å²) in [6.07, 6.45) is -0.851. The van der Waals surface area contributed by atoms with Crippen LogP contribution in [-0.2, 0) is 11.8 Å². The molecule has 4 aliphatic carbocycles. The molecule has 8 heteroatoms. The van der Waals surface area contributed by atoms with Gasteiger partial charge in [0.25, 0.3) is 0 Å². The molecule has 0 aromatic carbocycles. The first kappa shape index (κ1) is 16.4. The third-order valence-electron chi connectivity index (χ3n) is 6.33. The van der Waals surface area contributed by atoms with Gasteiger partial charge in [0.1, 0.15) is 11.6 Å². The van der Waals surface area contributed by atoms with Gasteiger partial charge in [-0.15, -0.1) is 0 Å². The quantitative estimate of drug-likeness (QED) is 0.887. The van der Waals surface area contributed by atoms with Gasteiger partial charge in [0.15, 0.2) is 5.82 Å². The van der Waals surface area contributed by atoms with Crippen LogP contribution < -0.4 is 5.32 Å². The maximum atomic E-state index is 13.8. The van der Waals surface area contributed by atoms with Gasteiger partial charge >= 0.3 is 6.18 Å². The number of hydrogen-bond acceptors (Lipinski definition) is 3. The first-order valence-electron chi connectivity index (χ1n) is 8.48. The van der Waals surface area contributed by atoms with Gasteiger partial charge in [-0.05, 0) is 50.4 Å². The smallest absolute Gasteiger partial charge is 0.308 e. The molecule has 25 heavy (non-hydrogen) atoms. The van der Waals surface area contributed by atoms with E-state index in [9.17, 15) is 18.0 Å². The van der Waals surface area contributed by atoms with Crippen molar-refractivity contribution in [3.63, 3.8) is 0 Å². The van der Waals surface area contributed by atoms with Gasteiger partial charge in [-0.3, -0.25) is 9.48 Å². The van der Waals surface area contributed by atoms with E-state index in [0.717, 1.165) is 6.42 Å². The van der Waals surface area contributed by atoms with E-state index in [0.29, 0.717) is 12.8 Å². The number of nitriles is 1. The number of hydrogen-bond donors (Lipinski definition) is 1. The fourth-order valence-corrected chi connectivity index (χ4v) is 5.76. The second-order valence-corrected chi connectivity index (χ2v) is 8.15. The molecule has 5 nitrogen and oxygen atoms in total. The summed E-state index contributed by atoms with van der Waals surface area (Å²) < 4.78 is 42.8. The lowest BCUT2D eigenvalue weighted by Crippen LogP contribution is -2.60. The van der Waals surface area contributed by atoms with Crippen LogP contribution in [0.25, 0.3) is 0 Å². The lowest BCUT2D eigenvalue weighted by atomic mass is 9.43. The van der Waals surface area contributed by atoms with Gasteiger partial charge in [-0.1, -0.05) is 0 Å². The number of anilines is 1. The van der Waals surface area contributed by atoms with Gasteiger partial charge < -0.3 is 5.32 Å². The van der Waals surface area contributed by atoms with Gasteiger partial charge in [-0.2, -0.15) is 23.5 Å². The minimum absolute atomic E-state index is 0.0483. The lowest BCUT2D eigenvalue weighted by molar-refractivity contribution is -0.283. The highest BCUT2D eigenvalue weighted by atomic mass is 19.4. The Bertz CT molecular complexity index is 762. The molecule has 1 aromatic rings. The highest BCUT2D eigenvalue weighted by Crippen LogP contribution is 2.69.